The summed E-state index contributed by atoms with van der Waals surface area (Å²) in [5, 5.41) is 3.50. The maximum atomic E-state index is 12.3. The van der Waals surface area contributed by atoms with Gasteiger partial charge >= 0.3 is 6.03 Å². The number of nitrogens with one attached hydrogen (secondary N) is 1. The van der Waals surface area contributed by atoms with Crippen LogP contribution >= 0.6 is 11.6 Å². The molecule has 3 aromatic carbocycles. The maximum absolute atomic E-state index is 12.3. The molecule has 0 aliphatic rings. The highest BCUT2D eigenvalue weighted by Crippen LogP contribution is 2.20. The first-order valence-corrected chi connectivity index (χ1v) is 8.42. The Balaban J connectivity index is 1.61. The van der Waals surface area contributed by atoms with Gasteiger partial charge in [0.05, 0.1) is 0 Å². The number of amides is 2. The number of hydrogen-bond acceptors (Lipinski definition) is 1. The van der Waals surface area contributed by atoms with Gasteiger partial charge in [-0.3, -0.25) is 0 Å². The highest BCUT2D eigenvalue weighted by atomic mass is 35.5. The summed E-state index contributed by atoms with van der Waals surface area (Å²) >= 11 is 5.85. The summed E-state index contributed by atoms with van der Waals surface area (Å²) in [6, 6.07) is 25.4. The summed E-state index contributed by atoms with van der Waals surface area (Å²) in [6.07, 6.45) is 0. The van der Waals surface area contributed by atoms with E-state index in [4.69, 9.17) is 11.6 Å². The molecular formula is C21H19ClN2O. The van der Waals surface area contributed by atoms with Crippen molar-refractivity contribution in [3.05, 3.63) is 89.4 Å². The van der Waals surface area contributed by atoms with E-state index in [1.54, 1.807) is 36.2 Å². The van der Waals surface area contributed by atoms with Crippen LogP contribution in [-0.4, -0.2) is 18.0 Å². The fourth-order valence-electron chi connectivity index (χ4n) is 2.53. The molecule has 0 fully saturated rings. The minimum Gasteiger partial charge on any atom is -0.323 e. The molecule has 0 aliphatic carbocycles. The molecule has 0 unspecified atom stereocenters. The van der Waals surface area contributed by atoms with Crippen LogP contribution in [0.2, 0.25) is 5.02 Å². The molecule has 25 heavy (non-hydrogen) atoms. The smallest absolute Gasteiger partial charge is 0.321 e. The summed E-state index contributed by atoms with van der Waals surface area (Å²) in [6.45, 7) is 0.536. The zero-order valence-electron chi connectivity index (χ0n) is 13.9. The van der Waals surface area contributed by atoms with Crippen LogP contribution in [0.3, 0.4) is 0 Å². The lowest BCUT2D eigenvalue weighted by Gasteiger charge is -2.18. The van der Waals surface area contributed by atoms with Gasteiger partial charge in [0.25, 0.3) is 0 Å². The van der Waals surface area contributed by atoms with Gasteiger partial charge in [0.1, 0.15) is 0 Å². The third-order valence-corrected chi connectivity index (χ3v) is 4.17. The quantitative estimate of drug-likeness (QED) is 0.645. The van der Waals surface area contributed by atoms with Crippen LogP contribution in [0.25, 0.3) is 11.1 Å². The third-order valence-electron chi connectivity index (χ3n) is 3.92. The van der Waals surface area contributed by atoms with Gasteiger partial charge in [-0.1, -0.05) is 66.2 Å². The van der Waals surface area contributed by atoms with Gasteiger partial charge in [-0.25, -0.2) is 4.79 Å². The maximum Gasteiger partial charge on any atom is 0.321 e. The monoisotopic (exact) mass is 350 g/mol. The molecule has 3 nitrogen and oxygen atoms in total. The zero-order chi connectivity index (χ0) is 17.6. The van der Waals surface area contributed by atoms with Gasteiger partial charge in [-0.2, -0.15) is 0 Å². The highest BCUT2D eigenvalue weighted by Gasteiger charge is 2.09. The number of hydrogen-bond donors (Lipinski definition) is 1. The zero-order valence-corrected chi connectivity index (χ0v) is 14.7. The van der Waals surface area contributed by atoms with Gasteiger partial charge < -0.3 is 10.2 Å². The van der Waals surface area contributed by atoms with Crippen LogP contribution in [0.4, 0.5) is 10.5 Å². The predicted octanol–water partition coefficient (Wildman–Crippen LogP) is 5.67. The van der Waals surface area contributed by atoms with Crippen LogP contribution in [0.1, 0.15) is 5.56 Å². The normalized spacial score (nSPS) is 10.3. The number of anilines is 1. The molecule has 3 rings (SSSR count). The molecule has 0 atom stereocenters. The fourth-order valence-corrected chi connectivity index (χ4v) is 2.66. The van der Waals surface area contributed by atoms with Crippen molar-refractivity contribution >= 4 is 23.3 Å². The Hall–Kier alpha value is -2.78. The third kappa shape index (κ3) is 4.61. The lowest BCUT2D eigenvalue weighted by atomic mass is 10.0. The van der Waals surface area contributed by atoms with Crippen molar-refractivity contribution in [3.63, 3.8) is 0 Å². The molecule has 0 saturated heterocycles. The Kier molecular flexibility index (Phi) is 5.36. The molecule has 3 aromatic rings. The Labute approximate surface area is 152 Å². The fraction of sp³-hybridized carbons (Fsp3) is 0.0952. The van der Waals surface area contributed by atoms with Crippen molar-refractivity contribution in [2.24, 2.45) is 0 Å². The molecule has 4 heteroatoms. The average Bonchev–Trinajstić information content (AvgIpc) is 2.65. The molecule has 0 bridgehead atoms. The van der Waals surface area contributed by atoms with Crippen LogP contribution in [0.15, 0.2) is 78.9 Å². The second-order valence-electron chi connectivity index (χ2n) is 5.86. The molecule has 1 N–H and O–H groups in total. The van der Waals surface area contributed by atoms with E-state index in [0.717, 1.165) is 16.8 Å². The Bertz CT molecular complexity index is 830. The Morgan fingerprint density at radius 3 is 2.12 bits per heavy atom. The SMILES string of the molecule is CN(Cc1ccc(-c2ccccc2)cc1)C(=O)Nc1ccc(Cl)cc1. The van der Waals surface area contributed by atoms with E-state index < -0.39 is 0 Å². The van der Waals surface area contributed by atoms with E-state index >= 15 is 0 Å². The van der Waals surface area contributed by atoms with Crippen molar-refractivity contribution in [3.8, 4) is 11.1 Å². The average molecular weight is 351 g/mol. The molecule has 2 amide bonds. The molecule has 126 valence electrons. The topological polar surface area (TPSA) is 32.3 Å². The lowest BCUT2D eigenvalue weighted by molar-refractivity contribution is 0.220. The van der Waals surface area contributed by atoms with Crippen LogP contribution < -0.4 is 5.32 Å². The molecule has 0 heterocycles. The van der Waals surface area contributed by atoms with Crippen LogP contribution in [0.5, 0.6) is 0 Å². The molecule has 0 aromatic heterocycles. The molecule has 0 radical (unpaired) electrons. The van der Waals surface area contributed by atoms with Gasteiger partial charge in [0, 0.05) is 24.3 Å². The summed E-state index contributed by atoms with van der Waals surface area (Å²) in [4.78, 5) is 13.9. The second-order valence-corrected chi connectivity index (χ2v) is 6.29. The minimum absolute atomic E-state index is 0.158. The standard InChI is InChI=1S/C21H19ClN2O/c1-24(21(25)23-20-13-11-19(22)12-14-20)15-16-7-9-18(10-8-16)17-5-3-2-4-6-17/h2-14H,15H2,1H3,(H,23,25). The molecule has 0 aliphatic heterocycles. The summed E-state index contributed by atoms with van der Waals surface area (Å²) in [5.74, 6) is 0. The number of urea groups is 1. The molecular weight excluding hydrogens is 332 g/mol. The van der Waals surface area contributed by atoms with Gasteiger partial charge in [0.15, 0.2) is 0 Å². The number of halogens is 1. The van der Waals surface area contributed by atoms with E-state index in [0.29, 0.717) is 11.6 Å². The Morgan fingerprint density at radius 1 is 0.880 bits per heavy atom. The first-order valence-electron chi connectivity index (χ1n) is 8.04. The van der Waals surface area contributed by atoms with Gasteiger partial charge in [-0.15, -0.1) is 0 Å². The summed E-state index contributed by atoms with van der Waals surface area (Å²) in [7, 11) is 1.77. The lowest BCUT2D eigenvalue weighted by Crippen LogP contribution is -2.30. The van der Waals surface area contributed by atoms with Crippen LogP contribution in [0, 0.1) is 0 Å². The first-order chi connectivity index (χ1) is 12.1. The largest absolute Gasteiger partial charge is 0.323 e. The number of rotatable bonds is 4. The van der Waals surface area contributed by atoms with E-state index in [2.05, 4.69) is 41.7 Å². The van der Waals surface area contributed by atoms with Gasteiger partial charge in [0.2, 0.25) is 0 Å². The van der Waals surface area contributed by atoms with Crippen LogP contribution in [-0.2, 0) is 6.54 Å². The second kappa shape index (κ2) is 7.86. The molecule has 0 saturated carbocycles. The van der Waals surface area contributed by atoms with Crippen molar-refractivity contribution in [2.45, 2.75) is 6.54 Å². The summed E-state index contributed by atoms with van der Waals surface area (Å²) in [5.41, 5.74) is 4.15. The number of carbonyl (C=O) groups is 1. The van der Waals surface area contributed by atoms with E-state index in [9.17, 15) is 4.79 Å². The molecule has 0 spiro atoms. The van der Waals surface area contributed by atoms with E-state index in [1.165, 1.54) is 5.56 Å². The number of carbonyl (C=O) groups excluding carboxylic acids is 1. The summed E-state index contributed by atoms with van der Waals surface area (Å²) < 4.78 is 0. The van der Waals surface area contributed by atoms with E-state index in [-0.39, 0.29) is 6.03 Å². The number of benzene rings is 3. The Morgan fingerprint density at radius 2 is 1.48 bits per heavy atom. The van der Waals surface area contributed by atoms with Gasteiger partial charge in [-0.05, 0) is 41.0 Å². The first kappa shape index (κ1) is 17.1. The van der Waals surface area contributed by atoms with Crippen molar-refractivity contribution in [1.82, 2.24) is 4.90 Å². The van der Waals surface area contributed by atoms with Crippen molar-refractivity contribution in [2.75, 3.05) is 12.4 Å². The van der Waals surface area contributed by atoms with Crippen molar-refractivity contribution in [1.29, 1.82) is 0 Å². The van der Waals surface area contributed by atoms with E-state index in [1.807, 2.05) is 18.2 Å². The van der Waals surface area contributed by atoms with Crippen molar-refractivity contribution < 1.29 is 4.79 Å². The minimum atomic E-state index is -0.158. The predicted molar refractivity (Wildman–Crippen MR) is 104 cm³/mol. The highest BCUT2D eigenvalue weighted by molar-refractivity contribution is 6.30. The number of nitrogens with zero attached hydrogens (tertiary/aromatic N) is 1.